The van der Waals surface area contributed by atoms with E-state index >= 15 is 0 Å². The van der Waals surface area contributed by atoms with E-state index in [0.717, 1.165) is 12.1 Å². The molecule has 0 aromatic heterocycles. The first kappa shape index (κ1) is 25.6. The number of ether oxygens (including phenoxy) is 4. The van der Waals surface area contributed by atoms with Crippen molar-refractivity contribution in [3.63, 3.8) is 0 Å². The Bertz CT molecular complexity index is 1130. The zero-order valence-electron chi connectivity index (χ0n) is 18.7. The summed E-state index contributed by atoms with van der Waals surface area (Å²) in [5.41, 5.74) is -2.74. The molecule has 0 bridgehead atoms. The maximum absolute atomic E-state index is 12.7. The van der Waals surface area contributed by atoms with Crippen LogP contribution in [0.25, 0.3) is 0 Å². The van der Waals surface area contributed by atoms with Gasteiger partial charge in [0.1, 0.15) is 6.10 Å². The van der Waals surface area contributed by atoms with Gasteiger partial charge in [0.2, 0.25) is 0 Å². The lowest BCUT2D eigenvalue weighted by atomic mass is 9.79. The van der Waals surface area contributed by atoms with Crippen LogP contribution in [0.15, 0.2) is 36.4 Å². The van der Waals surface area contributed by atoms with E-state index in [1.807, 2.05) is 0 Å². The van der Waals surface area contributed by atoms with Crippen molar-refractivity contribution in [2.75, 3.05) is 14.2 Å². The van der Waals surface area contributed by atoms with Crippen molar-refractivity contribution >= 4 is 17.9 Å². The van der Waals surface area contributed by atoms with Gasteiger partial charge >= 0.3 is 17.9 Å². The molecule has 0 radical (unpaired) electrons. The Balaban J connectivity index is 1.87. The maximum atomic E-state index is 12.7. The molecule has 12 nitrogen and oxygen atoms in total. The van der Waals surface area contributed by atoms with Crippen molar-refractivity contribution in [1.29, 1.82) is 0 Å². The second kappa shape index (κ2) is 10.1. The quantitative estimate of drug-likeness (QED) is 0.343. The fourth-order valence-corrected chi connectivity index (χ4v) is 3.71. The summed E-state index contributed by atoms with van der Waals surface area (Å²) in [5, 5.41) is 50.2. The van der Waals surface area contributed by atoms with Gasteiger partial charge in [-0.3, -0.25) is 0 Å². The summed E-state index contributed by atoms with van der Waals surface area (Å²) < 4.78 is 20.4. The molecule has 2 aromatic carbocycles. The fraction of sp³-hybridized carbons (Fsp3) is 0.348. The monoisotopic (exact) mass is 492 g/mol. The molecule has 0 spiro atoms. The predicted octanol–water partition coefficient (Wildman–Crippen LogP) is 0.836. The summed E-state index contributed by atoms with van der Waals surface area (Å²) in [6.07, 6.45) is -6.25. The zero-order valence-corrected chi connectivity index (χ0v) is 18.7. The van der Waals surface area contributed by atoms with Crippen LogP contribution in [-0.2, 0) is 14.3 Å². The minimum atomic E-state index is -2.46. The van der Waals surface area contributed by atoms with Crippen LogP contribution in [0.4, 0.5) is 0 Å². The lowest BCUT2D eigenvalue weighted by molar-refractivity contribution is -0.187. The third-order valence-electron chi connectivity index (χ3n) is 5.56. The lowest BCUT2D eigenvalue weighted by Crippen LogP contribution is -2.58. The number of esters is 2. The molecule has 1 aliphatic carbocycles. The maximum Gasteiger partial charge on any atom is 0.338 e. The molecule has 0 aliphatic heterocycles. The number of carboxylic acid groups (broad SMARTS) is 1. The molecule has 2 aromatic rings. The van der Waals surface area contributed by atoms with Gasteiger partial charge in [-0.15, -0.1) is 0 Å². The van der Waals surface area contributed by atoms with E-state index in [1.165, 1.54) is 38.5 Å². The molecule has 12 heteroatoms. The molecule has 1 fully saturated rings. The Kier molecular flexibility index (Phi) is 7.37. The number of hydrogen-bond donors (Lipinski definition) is 5. The Labute approximate surface area is 198 Å². The highest BCUT2D eigenvalue weighted by Crippen LogP contribution is 2.35. The van der Waals surface area contributed by atoms with Gasteiger partial charge in [-0.25, -0.2) is 14.4 Å². The normalized spacial score (nSPS) is 23.7. The summed E-state index contributed by atoms with van der Waals surface area (Å²) >= 11 is 0. The van der Waals surface area contributed by atoms with Crippen LogP contribution in [0.1, 0.15) is 33.6 Å². The van der Waals surface area contributed by atoms with Crippen LogP contribution in [0.5, 0.6) is 23.0 Å². The second-order valence-corrected chi connectivity index (χ2v) is 7.90. The topological polar surface area (TPSA) is 189 Å². The standard InChI is InChI=1S/C23H24O12/c1-32-16-5-3-11(7-13(16)24)20(27)34-18-10-23(31,22(29)30)9-15(26)19(18)35-21(28)12-4-6-17(33-2)14(25)8-12/h3-8,15,18-19,24-26,31H,9-10H2,1-2H3,(H,29,30)/t15-,18-,19-,23+/m1/s1. The van der Waals surface area contributed by atoms with E-state index < -0.39 is 54.7 Å². The highest BCUT2D eigenvalue weighted by Gasteiger charge is 2.52. The van der Waals surface area contributed by atoms with Crippen molar-refractivity contribution in [2.24, 2.45) is 0 Å². The fourth-order valence-electron chi connectivity index (χ4n) is 3.71. The predicted molar refractivity (Wildman–Crippen MR) is 116 cm³/mol. The van der Waals surface area contributed by atoms with Crippen molar-refractivity contribution in [3.05, 3.63) is 47.5 Å². The number of hydrogen-bond acceptors (Lipinski definition) is 11. The van der Waals surface area contributed by atoms with E-state index in [9.17, 15) is 39.9 Å². The van der Waals surface area contributed by atoms with Crippen molar-refractivity contribution in [1.82, 2.24) is 0 Å². The molecule has 0 saturated heterocycles. The van der Waals surface area contributed by atoms with Gasteiger partial charge in [-0.1, -0.05) is 0 Å². The smallest absolute Gasteiger partial charge is 0.338 e. The van der Waals surface area contributed by atoms with E-state index in [1.54, 1.807) is 0 Å². The number of carboxylic acids is 1. The molecule has 0 amide bonds. The number of phenolic OH excluding ortho intramolecular Hbond substituents is 2. The van der Waals surface area contributed by atoms with Crippen molar-refractivity contribution < 1.29 is 58.9 Å². The van der Waals surface area contributed by atoms with E-state index in [-0.39, 0.29) is 34.1 Å². The third kappa shape index (κ3) is 5.39. The molecule has 188 valence electrons. The van der Waals surface area contributed by atoms with Crippen molar-refractivity contribution in [2.45, 2.75) is 36.8 Å². The first-order valence-electron chi connectivity index (χ1n) is 10.3. The van der Waals surface area contributed by atoms with Crippen LogP contribution in [0, 0.1) is 0 Å². The summed E-state index contributed by atoms with van der Waals surface area (Å²) in [7, 11) is 2.63. The van der Waals surface area contributed by atoms with Crippen LogP contribution >= 0.6 is 0 Å². The molecule has 1 aliphatic rings. The van der Waals surface area contributed by atoms with Crippen LogP contribution in [0.3, 0.4) is 0 Å². The minimum absolute atomic E-state index is 0.0874. The Hall–Kier alpha value is -4.03. The van der Waals surface area contributed by atoms with Gasteiger partial charge in [0, 0.05) is 12.8 Å². The number of methoxy groups -OCH3 is 2. The largest absolute Gasteiger partial charge is 0.504 e. The lowest BCUT2D eigenvalue weighted by Gasteiger charge is -2.40. The number of rotatable bonds is 7. The van der Waals surface area contributed by atoms with E-state index in [0.29, 0.717) is 0 Å². The summed E-state index contributed by atoms with van der Waals surface area (Å²) in [6, 6.07) is 7.26. The zero-order chi connectivity index (χ0) is 25.9. The third-order valence-corrected chi connectivity index (χ3v) is 5.56. The SMILES string of the molecule is COc1ccc(C(=O)O[C@@H]2[C@H](O)C[C@@](O)(C(=O)O)C[C@H]2OC(=O)c2ccc(OC)c(O)c2)cc1O. The minimum Gasteiger partial charge on any atom is -0.504 e. The first-order valence-corrected chi connectivity index (χ1v) is 10.3. The molecular formula is C23H24O12. The van der Waals surface area contributed by atoms with Gasteiger partial charge in [0.15, 0.2) is 34.7 Å². The number of phenols is 2. The number of aromatic hydroxyl groups is 2. The van der Waals surface area contributed by atoms with Gasteiger partial charge in [0.25, 0.3) is 0 Å². The van der Waals surface area contributed by atoms with E-state index in [2.05, 4.69) is 0 Å². The number of aliphatic hydroxyl groups excluding tert-OH is 1. The number of carbonyl (C=O) groups is 3. The van der Waals surface area contributed by atoms with Crippen molar-refractivity contribution in [3.8, 4) is 23.0 Å². The second-order valence-electron chi connectivity index (χ2n) is 7.90. The Morgan fingerprint density at radius 3 is 1.77 bits per heavy atom. The van der Waals surface area contributed by atoms with Gasteiger partial charge in [-0.05, 0) is 36.4 Å². The molecule has 1 saturated carbocycles. The van der Waals surface area contributed by atoms with Crippen LogP contribution < -0.4 is 9.47 Å². The van der Waals surface area contributed by atoms with Gasteiger partial charge in [0.05, 0.1) is 31.5 Å². The van der Waals surface area contributed by atoms with Gasteiger partial charge < -0.3 is 44.5 Å². The highest BCUT2D eigenvalue weighted by atomic mass is 16.6. The highest BCUT2D eigenvalue weighted by molar-refractivity contribution is 5.91. The number of aliphatic hydroxyl groups is 2. The molecule has 4 atom stereocenters. The summed E-state index contributed by atoms with van der Waals surface area (Å²) in [6.45, 7) is 0. The number of benzene rings is 2. The average Bonchev–Trinajstić information content (AvgIpc) is 2.80. The summed E-state index contributed by atoms with van der Waals surface area (Å²) in [5.74, 6) is -4.26. The number of aliphatic carboxylic acids is 1. The first-order chi connectivity index (χ1) is 16.5. The van der Waals surface area contributed by atoms with E-state index in [4.69, 9.17) is 18.9 Å². The average molecular weight is 492 g/mol. The molecular weight excluding hydrogens is 468 g/mol. The molecule has 0 unspecified atom stereocenters. The van der Waals surface area contributed by atoms with Crippen LogP contribution in [0.2, 0.25) is 0 Å². The van der Waals surface area contributed by atoms with Crippen LogP contribution in [-0.4, -0.2) is 81.6 Å². The molecule has 35 heavy (non-hydrogen) atoms. The molecule has 0 heterocycles. The summed E-state index contributed by atoms with van der Waals surface area (Å²) in [4.78, 5) is 37.0. The molecule has 5 N–H and O–H groups in total. The number of carbonyl (C=O) groups excluding carboxylic acids is 2. The Morgan fingerprint density at radius 2 is 1.34 bits per heavy atom. The van der Waals surface area contributed by atoms with Gasteiger partial charge in [-0.2, -0.15) is 0 Å². The molecule has 3 rings (SSSR count). The Morgan fingerprint density at radius 1 is 0.857 bits per heavy atom.